The minimum atomic E-state index is -1.22. The van der Waals surface area contributed by atoms with E-state index >= 15 is 0 Å². The van der Waals surface area contributed by atoms with Crippen molar-refractivity contribution in [2.75, 3.05) is 0 Å². The standard InChI is InChI=1S/C8H6N4O3/c9-7(13)5-3-4(8(14)15)11-6-1-2-10-12(5)6/h1-3H,(H2,9,13)(H,14,15). The summed E-state index contributed by atoms with van der Waals surface area (Å²) in [5.41, 5.74) is 5.10. The summed E-state index contributed by atoms with van der Waals surface area (Å²) < 4.78 is 1.19. The van der Waals surface area contributed by atoms with Crippen molar-refractivity contribution in [3.8, 4) is 0 Å². The van der Waals surface area contributed by atoms with E-state index in [1.54, 1.807) is 0 Å². The summed E-state index contributed by atoms with van der Waals surface area (Å²) in [7, 11) is 0. The Morgan fingerprint density at radius 2 is 2.20 bits per heavy atom. The Kier molecular flexibility index (Phi) is 1.86. The minimum Gasteiger partial charge on any atom is -0.477 e. The topological polar surface area (TPSA) is 111 Å². The Morgan fingerprint density at radius 1 is 1.47 bits per heavy atom. The van der Waals surface area contributed by atoms with Gasteiger partial charge in [0.25, 0.3) is 5.91 Å². The number of aromatic carboxylic acids is 1. The lowest BCUT2D eigenvalue weighted by Gasteiger charge is -2.01. The van der Waals surface area contributed by atoms with E-state index in [0.717, 1.165) is 6.07 Å². The van der Waals surface area contributed by atoms with Crippen LogP contribution in [0.3, 0.4) is 0 Å². The second kappa shape index (κ2) is 3.05. The molecule has 2 aromatic rings. The molecule has 2 heterocycles. The van der Waals surface area contributed by atoms with E-state index in [1.165, 1.54) is 16.8 Å². The van der Waals surface area contributed by atoms with E-state index in [9.17, 15) is 9.59 Å². The SMILES string of the molecule is NC(=O)c1cc(C(=O)O)nc2ccnn12. The molecule has 0 aromatic carbocycles. The van der Waals surface area contributed by atoms with E-state index in [-0.39, 0.29) is 17.0 Å². The zero-order chi connectivity index (χ0) is 11.0. The molecule has 0 aliphatic rings. The third kappa shape index (κ3) is 1.39. The second-order valence-electron chi connectivity index (χ2n) is 2.80. The highest BCUT2D eigenvalue weighted by Gasteiger charge is 2.14. The summed E-state index contributed by atoms with van der Waals surface area (Å²) in [6.07, 6.45) is 1.40. The Bertz CT molecular complexity index is 560. The average molecular weight is 206 g/mol. The van der Waals surface area contributed by atoms with Gasteiger partial charge in [-0.25, -0.2) is 14.3 Å². The van der Waals surface area contributed by atoms with Crippen LogP contribution in [0, 0.1) is 0 Å². The summed E-state index contributed by atoms with van der Waals surface area (Å²) in [5.74, 6) is -1.98. The Hall–Kier alpha value is -2.44. The molecule has 0 aliphatic carbocycles. The molecule has 0 atom stereocenters. The molecule has 7 nitrogen and oxygen atoms in total. The van der Waals surface area contributed by atoms with Crippen LogP contribution in [0.15, 0.2) is 18.3 Å². The molecule has 0 aliphatic heterocycles. The summed E-state index contributed by atoms with van der Waals surface area (Å²) in [6, 6.07) is 2.57. The minimum absolute atomic E-state index is 0.0117. The molecular formula is C8H6N4O3. The molecule has 3 N–H and O–H groups in total. The first-order chi connectivity index (χ1) is 7.09. The van der Waals surface area contributed by atoms with Crippen LogP contribution in [0.1, 0.15) is 21.0 Å². The maximum absolute atomic E-state index is 11.0. The molecule has 2 aromatic heterocycles. The second-order valence-corrected chi connectivity index (χ2v) is 2.80. The lowest BCUT2D eigenvalue weighted by Crippen LogP contribution is -2.18. The van der Waals surface area contributed by atoms with Crippen molar-refractivity contribution in [2.24, 2.45) is 5.73 Å². The molecule has 2 rings (SSSR count). The van der Waals surface area contributed by atoms with Crippen LogP contribution in [0.4, 0.5) is 0 Å². The maximum atomic E-state index is 11.0. The van der Waals surface area contributed by atoms with Crippen LogP contribution in [0.25, 0.3) is 5.65 Å². The van der Waals surface area contributed by atoms with Gasteiger partial charge in [-0.15, -0.1) is 0 Å². The summed E-state index contributed by atoms with van der Waals surface area (Å²) >= 11 is 0. The van der Waals surface area contributed by atoms with Crippen molar-refractivity contribution < 1.29 is 14.7 Å². The molecule has 76 valence electrons. The van der Waals surface area contributed by atoms with Gasteiger partial charge in [0.05, 0.1) is 6.20 Å². The molecular weight excluding hydrogens is 200 g/mol. The number of primary amides is 1. The van der Waals surface area contributed by atoms with Gasteiger partial charge in [-0.05, 0) is 0 Å². The van der Waals surface area contributed by atoms with Crippen molar-refractivity contribution >= 4 is 17.5 Å². The van der Waals surface area contributed by atoms with Crippen LogP contribution in [0.2, 0.25) is 0 Å². The monoisotopic (exact) mass is 206 g/mol. The molecule has 0 saturated heterocycles. The number of amides is 1. The quantitative estimate of drug-likeness (QED) is 0.689. The van der Waals surface area contributed by atoms with E-state index in [1.807, 2.05) is 0 Å². The Morgan fingerprint density at radius 3 is 2.80 bits per heavy atom. The van der Waals surface area contributed by atoms with Gasteiger partial charge in [0, 0.05) is 12.1 Å². The maximum Gasteiger partial charge on any atom is 0.354 e. The number of hydrogen-bond donors (Lipinski definition) is 2. The predicted octanol–water partition coefficient (Wildman–Crippen LogP) is -0.474. The first-order valence-corrected chi connectivity index (χ1v) is 3.97. The average Bonchev–Trinajstić information content (AvgIpc) is 2.62. The number of nitrogens with two attached hydrogens (primary N) is 1. The largest absolute Gasteiger partial charge is 0.477 e. The number of aromatic nitrogens is 3. The van der Waals surface area contributed by atoms with Crippen molar-refractivity contribution in [2.45, 2.75) is 0 Å². The fourth-order valence-corrected chi connectivity index (χ4v) is 1.20. The van der Waals surface area contributed by atoms with Gasteiger partial charge in [-0.2, -0.15) is 5.10 Å². The number of carbonyl (C=O) groups excluding carboxylic acids is 1. The number of hydrogen-bond acceptors (Lipinski definition) is 4. The van der Waals surface area contributed by atoms with Gasteiger partial charge in [0.2, 0.25) is 0 Å². The zero-order valence-electron chi connectivity index (χ0n) is 7.41. The predicted molar refractivity (Wildman–Crippen MR) is 48.5 cm³/mol. The Balaban J connectivity index is 2.80. The molecule has 1 amide bonds. The molecule has 0 radical (unpaired) electrons. The van der Waals surface area contributed by atoms with Gasteiger partial charge in [-0.1, -0.05) is 0 Å². The molecule has 15 heavy (non-hydrogen) atoms. The molecule has 0 spiro atoms. The van der Waals surface area contributed by atoms with E-state index in [2.05, 4.69) is 10.1 Å². The number of carbonyl (C=O) groups is 2. The number of rotatable bonds is 2. The molecule has 0 saturated carbocycles. The third-order valence-corrected chi connectivity index (χ3v) is 1.83. The first-order valence-electron chi connectivity index (χ1n) is 3.97. The van der Waals surface area contributed by atoms with Gasteiger partial charge in [0.15, 0.2) is 11.3 Å². The van der Waals surface area contributed by atoms with Crippen LogP contribution >= 0.6 is 0 Å². The lowest BCUT2D eigenvalue weighted by molar-refractivity contribution is 0.0690. The molecule has 0 bridgehead atoms. The van der Waals surface area contributed by atoms with Crippen LogP contribution < -0.4 is 5.73 Å². The number of carboxylic acid groups (broad SMARTS) is 1. The van der Waals surface area contributed by atoms with Crippen LogP contribution in [0.5, 0.6) is 0 Å². The lowest BCUT2D eigenvalue weighted by atomic mass is 10.3. The number of fused-ring (bicyclic) bond motifs is 1. The van der Waals surface area contributed by atoms with Gasteiger partial charge in [0.1, 0.15) is 5.69 Å². The number of carboxylic acids is 1. The van der Waals surface area contributed by atoms with E-state index < -0.39 is 11.9 Å². The van der Waals surface area contributed by atoms with E-state index in [4.69, 9.17) is 10.8 Å². The van der Waals surface area contributed by atoms with E-state index in [0.29, 0.717) is 0 Å². The van der Waals surface area contributed by atoms with Crippen LogP contribution in [-0.2, 0) is 0 Å². The normalized spacial score (nSPS) is 10.4. The third-order valence-electron chi connectivity index (χ3n) is 1.83. The van der Waals surface area contributed by atoms with Crippen molar-refractivity contribution in [1.29, 1.82) is 0 Å². The smallest absolute Gasteiger partial charge is 0.354 e. The first kappa shape index (κ1) is 9.13. The van der Waals surface area contributed by atoms with Gasteiger partial charge < -0.3 is 10.8 Å². The zero-order valence-corrected chi connectivity index (χ0v) is 7.41. The van der Waals surface area contributed by atoms with Crippen LogP contribution in [-0.4, -0.2) is 31.6 Å². The molecule has 0 fully saturated rings. The van der Waals surface area contributed by atoms with Crippen molar-refractivity contribution in [1.82, 2.24) is 14.6 Å². The summed E-state index contributed by atoms with van der Waals surface area (Å²) in [4.78, 5) is 25.5. The Labute approximate surface area is 83.1 Å². The number of nitrogens with zero attached hydrogens (tertiary/aromatic N) is 3. The highest BCUT2D eigenvalue weighted by molar-refractivity contribution is 5.95. The van der Waals surface area contributed by atoms with Crippen molar-refractivity contribution in [3.63, 3.8) is 0 Å². The highest BCUT2D eigenvalue weighted by Crippen LogP contribution is 2.06. The molecule has 7 heteroatoms. The highest BCUT2D eigenvalue weighted by atomic mass is 16.4. The summed E-state index contributed by atoms with van der Waals surface area (Å²) in [5, 5.41) is 12.5. The fourth-order valence-electron chi connectivity index (χ4n) is 1.20. The van der Waals surface area contributed by atoms with Gasteiger partial charge >= 0.3 is 5.97 Å². The molecule has 0 unspecified atom stereocenters. The summed E-state index contributed by atoms with van der Waals surface area (Å²) in [6.45, 7) is 0. The van der Waals surface area contributed by atoms with Gasteiger partial charge in [-0.3, -0.25) is 4.79 Å². The fraction of sp³-hybridized carbons (Fsp3) is 0. The van der Waals surface area contributed by atoms with Crippen molar-refractivity contribution in [3.05, 3.63) is 29.7 Å².